The molecule has 0 aromatic heterocycles. The van der Waals surface area contributed by atoms with Crippen LogP contribution in [0.25, 0.3) is 0 Å². The summed E-state index contributed by atoms with van der Waals surface area (Å²) in [6.07, 6.45) is 3.51. The van der Waals surface area contributed by atoms with Crippen molar-refractivity contribution in [3.63, 3.8) is 0 Å². The van der Waals surface area contributed by atoms with Crippen LogP contribution in [0.1, 0.15) is 36.3 Å². The molecule has 0 heterocycles. The number of anilines is 1. The van der Waals surface area contributed by atoms with Crippen LogP contribution in [0.3, 0.4) is 0 Å². The third kappa shape index (κ3) is 5.26. The number of para-hydroxylation sites is 1. The largest absolute Gasteiger partial charge is 0.457 e. The molecule has 4 nitrogen and oxygen atoms in total. The summed E-state index contributed by atoms with van der Waals surface area (Å²) in [5, 5.41) is 6.59. The fourth-order valence-corrected chi connectivity index (χ4v) is 3.95. The Labute approximate surface area is 183 Å². The topological polar surface area (TPSA) is 50.4 Å². The van der Waals surface area contributed by atoms with Gasteiger partial charge in [0.2, 0.25) is 5.91 Å². The van der Waals surface area contributed by atoms with Crippen LogP contribution in [0, 0.1) is 11.8 Å². The number of ether oxygens (including phenoxy) is 1. The van der Waals surface area contributed by atoms with Gasteiger partial charge in [0.1, 0.15) is 11.5 Å². The van der Waals surface area contributed by atoms with E-state index in [9.17, 15) is 4.79 Å². The van der Waals surface area contributed by atoms with Crippen LogP contribution in [0.2, 0.25) is 0 Å². The standard InChI is InChI=1S/C27H28N2O2/c30-27(29-17-19-9-10-19)26-16-25(26)21-11-13-22(14-12-21)28-18-20-5-4-8-24(15-20)31-23-6-2-1-3-7-23/h1-8,11-15,19,25-26,28H,9-10,16-18H2,(H,29,30)/t25-,26+/m1/s1. The quantitative estimate of drug-likeness (QED) is 0.472. The third-order valence-corrected chi connectivity index (χ3v) is 6.10. The molecular formula is C27H28N2O2. The Morgan fingerprint density at radius 2 is 1.68 bits per heavy atom. The molecule has 1 amide bonds. The molecule has 4 heteroatoms. The van der Waals surface area contributed by atoms with E-state index in [1.165, 1.54) is 18.4 Å². The minimum atomic E-state index is 0.157. The number of hydrogen-bond acceptors (Lipinski definition) is 3. The summed E-state index contributed by atoms with van der Waals surface area (Å²) in [5.74, 6) is 3.17. The van der Waals surface area contributed by atoms with Gasteiger partial charge in [0.15, 0.2) is 0 Å². The van der Waals surface area contributed by atoms with E-state index in [-0.39, 0.29) is 11.8 Å². The first kappa shape index (κ1) is 19.7. The summed E-state index contributed by atoms with van der Waals surface area (Å²) in [7, 11) is 0. The molecule has 2 saturated carbocycles. The van der Waals surface area contributed by atoms with Crippen molar-refractivity contribution in [1.29, 1.82) is 0 Å². The lowest BCUT2D eigenvalue weighted by Gasteiger charge is -2.10. The number of amides is 1. The van der Waals surface area contributed by atoms with Crippen LogP contribution in [0.4, 0.5) is 5.69 Å². The molecule has 0 saturated heterocycles. The normalized spacial score (nSPS) is 19.5. The highest BCUT2D eigenvalue weighted by Crippen LogP contribution is 2.47. The lowest BCUT2D eigenvalue weighted by Crippen LogP contribution is -2.27. The van der Waals surface area contributed by atoms with Gasteiger partial charge >= 0.3 is 0 Å². The fraction of sp³-hybridized carbons (Fsp3) is 0.296. The zero-order valence-electron chi connectivity index (χ0n) is 17.6. The predicted octanol–water partition coefficient (Wildman–Crippen LogP) is 5.72. The van der Waals surface area contributed by atoms with E-state index in [2.05, 4.69) is 47.0 Å². The van der Waals surface area contributed by atoms with Gasteiger partial charge in [-0.2, -0.15) is 0 Å². The molecule has 0 aliphatic heterocycles. The monoisotopic (exact) mass is 412 g/mol. The van der Waals surface area contributed by atoms with Gasteiger partial charge in [-0.1, -0.05) is 42.5 Å². The van der Waals surface area contributed by atoms with Gasteiger partial charge in [-0.3, -0.25) is 4.79 Å². The van der Waals surface area contributed by atoms with E-state index in [0.717, 1.165) is 48.2 Å². The molecule has 31 heavy (non-hydrogen) atoms. The van der Waals surface area contributed by atoms with E-state index in [0.29, 0.717) is 5.92 Å². The summed E-state index contributed by atoms with van der Waals surface area (Å²) in [5.41, 5.74) is 3.50. The highest BCUT2D eigenvalue weighted by molar-refractivity contribution is 5.83. The fourth-order valence-electron chi connectivity index (χ4n) is 3.95. The zero-order valence-corrected chi connectivity index (χ0v) is 17.6. The molecule has 2 N–H and O–H groups in total. The van der Waals surface area contributed by atoms with Gasteiger partial charge in [-0.05, 0) is 78.6 Å². The number of benzene rings is 3. The van der Waals surface area contributed by atoms with Crippen LogP contribution in [0.15, 0.2) is 78.9 Å². The molecule has 0 bridgehead atoms. The zero-order chi connectivity index (χ0) is 21.0. The lowest BCUT2D eigenvalue weighted by molar-refractivity contribution is -0.122. The van der Waals surface area contributed by atoms with Gasteiger partial charge in [0.05, 0.1) is 0 Å². The second-order valence-corrected chi connectivity index (χ2v) is 8.68. The molecule has 5 rings (SSSR count). The summed E-state index contributed by atoms with van der Waals surface area (Å²) >= 11 is 0. The maximum absolute atomic E-state index is 12.3. The van der Waals surface area contributed by atoms with Crippen molar-refractivity contribution in [2.75, 3.05) is 11.9 Å². The van der Waals surface area contributed by atoms with Gasteiger partial charge in [-0.15, -0.1) is 0 Å². The first-order chi connectivity index (χ1) is 15.2. The van der Waals surface area contributed by atoms with Crippen LogP contribution >= 0.6 is 0 Å². The molecular weight excluding hydrogens is 384 g/mol. The van der Waals surface area contributed by atoms with Crippen molar-refractivity contribution in [2.45, 2.75) is 31.7 Å². The van der Waals surface area contributed by atoms with E-state index in [1.54, 1.807) is 0 Å². The van der Waals surface area contributed by atoms with Crippen LogP contribution in [0.5, 0.6) is 11.5 Å². The Bertz CT molecular complexity index is 1030. The van der Waals surface area contributed by atoms with Gasteiger partial charge in [0, 0.05) is 24.7 Å². The Morgan fingerprint density at radius 1 is 0.903 bits per heavy atom. The highest BCUT2D eigenvalue weighted by atomic mass is 16.5. The van der Waals surface area contributed by atoms with Crippen molar-refractivity contribution in [3.8, 4) is 11.5 Å². The van der Waals surface area contributed by atoms with Crippen molar-refractivity contribution >= 4 is 11.6 Å². The van der Waals surface area contributed by atoms with Crippen LogP contribution in [-0.4, -0.2) is 12.5 Å². The van der Waals surface area contributed by atoms with E-state index >= 15 is 0 Å². The Kier molecular flexibility index (Phi) is 5.61. The minimum Gasteiger partial charge on any atom is -0.457 e. The maximum atomic E-state index is 12.3. The van der Waals surface area contributed by atoms with E-state index < -0.39 is 0 Å². The minimum absolute atomic E-state index is 0.157. The number of hydrogen-bond donors (Lipinski definition) is 2. The highest BCUT2D eigenvalue weighted by Gasteiger charge is 2.44. The van der Waals surface area contributed by atoms with Gasteiger partial charge in [0.25, 0.3) is 0 Å². The molecule has 2 aliphatic rings. The van der Waals surface area contributed by atoms with Crippen molar-refractivity contribution in [1.82, 2.24) is 5.32 Å². The molecule has 3 aromatic rings. The van der Waals surface area contributed by atoms with Gasteiger partial charge in [-0.25, -0.2) is 0 Å². The summed E-state index contributed by atoms with van der Waals surface area (Å²) in [4.78, 5) is 12.3. The molecule has 2 fully saturated rings. The second-order valence-electron chi connectivity index (χ2n) is 8.68. The number of carbonyl (C=O) groups is 1. The molecule has 0 spiro atoms. The smallest absolute Gasteiger partial charge is 0.223 e. The SMILES string of the molecule is O=C(NCC1CC1)[C@H]1C[C@@H]1c1ccc(NCc2cccc(Oc3ccccc3)c2)cc1. The summed E-state index contributed by atoms with van der Waals surface area (Å²) in [6.45, 7) is 1.59. The Morgan fingerprint density at radius 3 is 2.45 bits per heavy atom. The van der Waals surface area contributed by atoms with Gasteiger partial charge < -0.3 is 15.4 Å². The maximum Gasteiger partial charge on any atom is 0.223 e. The summed E-state index contributed by atoms with van der Waals surface area (Å²) in [6, 6.07) is 26.5. The van der Waals surface area contributed by atoms with Crippen molar-refractivity contribution in [3.05, 3.63) is 90.0 Å². The lowest BCUT2D eigenvalue weighted by atomic mass is 10.1. The van der Waals surface area contributed by atoms with Crippen LogP contribution < -0.4 is 15.4 Å². The Balaban J connectivity index is 1.12. The number of carbonyl (C=O) groups excluding carboxylic acids is 1. The first-order valence-corrected chi connectivity index (χ1v) is 11.2. The molecule has 158 valence electrons. The second kappa shape index (κ2) is 8.84. The van der Waals surface area contributed by atoms with Crippen molar-refractivity contribution in [2.24, 2.45) is 11.8 Å². The Hall–Kier alpha value is -3.27. The van der Waals surface area contributed by atoms with Crippen molar-refractivity contribution < 1.29 is 9.53 Å². The van der Waals surface area contributed by atoms with E-state index in [1.807, 2.05) is 42.5 Å². The average Bonchev–Trinajstić information content (AvgIpc) is 3.72. The van der Waals surface area contributed by atoms with E-state index in [4.69, 9.17) is 4.74 Å². The average molecular weight is 413 g/mol. The molecule has 0 radical (unpaired) electrons. The summed E-state index contributed by atoms with van der Waals surface area (Å²) < 4.78 is 5.92. The molecule has 3 aromatic carbocycles. The number of rotatable bonds is 9. The first-order valence-electron chi connectivity index (χ1n) is 11.2. The number of nitrogens with one attached hydrogen (secondary N) is 2. The van der Waals surface area contributed by atoms with Crippen LogP contribution in [-0.2, 0) is 11.3 Å². The molecule has 2 atom stereocenters. The molecule has 2 aliphatic carbocycles. The third-order valence-electron chi connectivity index (χ3n) is 6.10. The molecule has 0 unspecified atom stereocenters. The predicted molar refractivity (Wildman–Crippen MR) is 123 cm³/mol.